The van der Waals surface area contributed by atoms with Crippen LogP contribution in [0.25, 0.3) is 0 Å². The number of aryl methyl sites for hydroxylation is 2. The number of hydrogen-bond donors (Lipinski definition) is 3. The Hall–Kier alpha value is -2.93. The summed E-state index contributed by atoms with van der Waals surface area (Å²) in [5, 5.41) is 8.53. The monoisotopic (exact) mass is 413 g/mol. The minimum absolute atomic E-state index is 0.0246. The molecule has 0 fully saturated rings. The first-order chi connectivity index (χ1) is 13.9. The van der Waals surface area contributed by atoms with Crippen molar-refractivity contribution in [1.29, 1.82) is 0 Å². The Balaban J connectivity index is 1.82. The third-order valence-electron chi connectivity index (χ3n) is 3.98. The zero-order valence-electron chi connectivity index (χ0n) is 17.0. The summed E-state index contributed by atoms with van der Waals surface area (Å²) in [5.41, 5.74) is 3.47. The van der Waals surface area contributed by atoms with Crippen molar-refractivity contribution in [2.45, 2.75) is 40.0 Å². The maximum atomic E-state index is 12.1. The molecule has 0 spiro atoms. The number of rotatable bonds is 8. The van der Waals surface area contributed by atoms with E-state index in [4.69, 9.17) is 17.0 Å². The lowest BCUT2D eigenvalue weighted by Gasteiger charge is -2.12. The van der Waals surface area contributed by atoms with Crippen LogP contribution in [0.15, 0.2) is 42.5 Å². The average molecular weight is 414 g/mol. The van der Waals surface area contributed by atoms with Gasteiger partial charge >= 0.3 is 0 Å². The summed E-state index contributed by atoms with van der Waals surface area (Å²) in [6, 6.07) is 12.9. The standard InChI is InChI=1S/C22H27N3O3S/c1-4-5-9-20(26)23-17-7-6-8-18(13-17)24-22(29)25-21(27)14-28-19-11-15(2)10-16(3)12-19/h6-8,10-13H,4-5,9,14H2,1-3H3,(H,23,26)(H2,24,25,27,29). The highest BCUT2D eigenvalue weighted by atomic mass is 32.1. The summed E-state index contributed by atoms with van der Waals surface area (Å²) >= 11 is 5.19. The largest absolute Gasteiger partial charge is 0.484 e. The number of anilines is 2. The van der Waals surface area contributed by atoms with Crippen molar-refractivity contribution in [3.8, 4) is 5.75 Å². The summed E-state index contributed by atoms with van der Waals surface area (Å²) in [7, 11) is 0. The third-order valence-corrected chi connectivity index (χ3v) is 4.18. The van der Waals surface area contributed by atoms with Gasteiger partial charge in [-0.1, -0.05) is 25.5 Å². The molecule has 0 radical (unpaired) electrons. The van der Waals surface area contributed by atoms with Crippen molar-refractivity contribution in [2.24, 2.45) is 0 Å². The molecular weight excluding hydrogens is 386 g/mol. The number of unbranched alkanes of at least 4 members (excludes halogenated alkanes) is 1. The zero-order valence-corrected chi connectivity index (χ0v) is 17.8. The fourth-order valence-corrected chi connectivity index (χ4v) is 2.96. The van der Waals surface area contributed by atoms with E-state index in [0.717, 1.165) is 24.0 Å². The summed E-state index contributed by atoms with van der Waals surface area (Å²) in [6.07, 6.45) is 2.31. The number of hydrogen-bond acceptors (Lipinski definition) is 4. The normalized spacial score (nSPS) is 10.2. The van der Waals surface area contributed by atoms with E-state index in [1.807, 2.05) is 39.0 Å². The molecule has 2 amide bonds. The smallest absolute Gasteiger partial charge is 0.264 e. The van der Waals surface area contributed by atoms with Crippen molar-refractivity contribution < 1.29 is 14.3 Å². The highest BCUT2D eigenvalue weighted by Crippen LogP contribution is 2.17. The van der Waals surface area contributed by atoms with Crippen LogP contribution in [0.1, 0.15) is 37.3 Å². The van der Waals surface area contributed by atoms with E-state index in [1.165, 1.54) is 0 Å². The van der Waals surface area contributed by atoms with Gasteiger partial charge in [0.2, 0.25) is 5.91 Å². The van der Waals surface area contributed by atoms with Crippen LogP contribution < -0.4 is 20.7 Å². The second-order valence-corrected chi connectivity index (χ2v) is 7.26. The van der Waals surface area contributed by atoms with Gasteiger partial charge < -0.3 is 15.4 Å². The predicted octanol–water partition coefficient (Wildman–Crippen LogP) is 4.32. The van der Waals surface area contributed by atoms with Crippen molar-refractivity contribution in [1.82, 2.24) is 5.32 Å². The number of carbonyl (C=O) groups excluding carboxylic acids is 2. The molecule has 154 valence electrons. The third kappa shape index (κ3) is 8.31. The second kappa shape index (κ2) is 11.2. The van der Waals surface area contributed by atoms with E-state index in [-0.39, 0.29) is 23.5 Å². The molecule has 29 heavy (non-hydrogen) atoms. The lowest BCUT2D eigenvalue weighted by molar-refractivity contribution is -0.121. The Labute approximate surface area is 177 Å². The lowest BCUT2D eigenvalue weighted by Crippen LogP contribution is -2.37. The number of benzene rings is 2. The van der Waals surface area contributed by atoms with Gasteiger partial charge in [-0.05, 0) is 73.9 Å². The molecule has 2 aromatic rings. The highest BCUT2D eigenvalue weighted by molar-refractivity contribution is 7.80. The van der Waals surface area contributed by atoms with Gasteiger partial charge in [-0.3, -0.25) is 14.9 Å². The summed E-state index contributed by atoms with van der Waals surface area (Å²) in [6.45, 7) is 5.84. The molecule has 3 N–H and O–H groups in total. The minimum Gasteiger partial charge on any atom is -0.484 e. The summed E-state index contributed by atoms with van der Waals surface area (Å²) in [4.78, 5) is 23.9. The predicted molar refractivity (Wildman–Crippen MR) is 120 cm³/mol. The number of nitrogens with one attached hydrogen (secondary N) is 3. The maximum Gasteiger partial charge on any atom is 0.264 e. The fraction of sp³-hybridized carbons (Fsp3) is 0.318. The zero-order chi connectivity index (χ0) is 21.2. The Bertz CT molecular complexity index is 863. The molecular formula is C22H27N3O3S. The molecule has 0 unspecified atom stereocenters. The first-order valence-electron chi connectivity index (χ1n) is 9.57. The van der Waals surface area contributed by atoms with Crippen molar-refractivity contribution in [3.05, 3.63) is 53.6 Å². The molecule has 0 heterocycles. The van der Waals surface area contributed by atoms with Crippen LogP contribution in [-0.2, 0) is 9.59 Å². The lowest BCUT2D eigenvalue weighted by atomic mass is 10.1. The van der Waals surface area contributed by atoms with Gasteiger partial charge in [0.1, 0.15) is 5.75 Å². The highest BCUT2D eigenvalue weighted by Gasteiger charge is 2.08. The molecule has 0 atom stereocenters. The topological polar surface area (TPSA) is 79.5 Å². The molecule has 0 aliphatic rings. The second-order valence-electron chi connectivity index (χ2n) is 6.85. The number of thiocarbonyl (C=S) groups is 1. The first kappa shape index (κ1) is 22.4. The SMILES string of the molecule is CCCCC(=O)Nc1cccc(NC(=S)NC(=O)COc2cc(C)cc(C)c2)c1. The quantitative estimate of drug-likeness (QED) is 0.562. The van der Waals surface area contributed by atoms with Gasteiger partial charge in [-0.25, -0.2) is 0 Å². The number of ether oxygens (including phenoxy) is 1. The maximum absolute atomic E-state index is 12.1. The van der Waals surface area contributed by atoms with Gasteiger partial charge in [0.15, 0.2) is 11.7 Å². The molecule has 2 aromatic carbocycles. The summed E-state index contributed by atoms with van der Waals surface area (Å²) < 4.78 is 5.53. The van der Waals surface area contributed by atoms with Crippen LogP contribution >= 0.6 is 12.2 Å². The van der Waals surface area contributed by atoms with Crippen molar-refractivity contribution in [2.75, 3.05) is 17.2 Å². The fourth-order valence-electron chi connectivity index (χ4n) is 2.73. The van der Waals surface area contributed by atoms with E-state index in [9.17, 15) is 9.59 Å². The molecule has 0 aliphatic heterocycles. The van der Waals surface area contributed by atoms with Crippen molar-refractivity contribution >= 4 is 40.5 Å². The number of amides is 2. The van der Waals surface area contributed by atoms with E-state index >= 15 is 0 Å². The van der Waals surface area contributed by atoms with Crippen LogP contribution in [0.4, 0.5) is 11.4 Å². The molecule has 0 aliphatic carbocycles. The summed E-state index contributed by atoms with van der Waals surface area (Å²) in [5.74, 6) is 0.261. The van der Waals surface area contributed by atoms with E-state index in [2.05, 4.69) is 16.0 Å². The van der Waals surface area contributed by atoms with Crippen molar-refractivity contribution in [3.63, 3.8) is 0 Å². The molecule has 0 saturated heterocycles. The molecule has 0 bridgehead atoms. The molecule has 0 saturated carbocycles. The van der Waals surface area contributed by atoms with Crippen LogP contribution in [-0.4, -0.2) is 23.5 Å². The van der Waals surface area contributed by atoms with Gasteiger partial charge in [0.05, 0.1) is 0 Å². The van der Waals surface area contributed by atoms with Gasteiger partial charge in [-0.15, -0.1) is 0 Å². The molecule has 7 heteroatoms. The van der Waals surface area contributed by atoms with Gasteiger partial charge in [-0.2, -0.15) is 0 Å². The Morgan fingerprint density at radius 2 is 1.62 bits per heavy atom. The Morgan fingerprint density at radius 3 is 2.28 bits per heavy atom. The van der Waals surface area contributed by atoms with E-state index in [0.29, 0.717) is 23.5 Å². The minimum atomic E-state index is -0.356. The van der Waals surface area contributed by atoms with Crippen LogP contribution in [0.3, 0.4) is 0 Å². The number of carbonyl (C=O) groups is 2. The van der Waals surface area contributed by atoms with Gasteiger partial charge in [0, 0.05) is 17.8 Å². The van der Waals surface area contributed by atoms with E-state index in [1.54, 1.807) is 24.3 Å². The molecule has 6 nitrogen and oxygen atoms in total. The Morgan fingerprint density at radius 1 is 0.966 bits per heavy atom. The van der Waals surface area contributed by atoms with Crippen LogP contribution in [0.5, 0.6) is 5.75 Å². The van der Waals surface area contributed by atoms with Crippen LogP contribution in [0.2, 0.25) is 0 Å². The average Bonchev–Trinajstić information content (AvgIpc) is 2.64. The Kier molecular flexibility index (Phi) is 8.61. The van der Waals surface area contributed by atoms with Crippen LogP contribution in [0, 0.1) is 13.8 Å². The molecule has 0 aromatic heterocycles. The molecule has 2 rings (SSSR count). The van der Waals surface area contributed by atoms with Gasteiger partial charge in [0.25, 0.3) is 5.91 Å². The first-order valence-corrected chi connectivity index (χ1v) is 9.98. The van der Waals surface area contributed by atoms with E-state index < -0.39 is 0 Å².